The van der Waals surface area contributed by atoms with Crippen molar-refractivity contribution in [2.45, 2.75) is 25.8 Å². The second-order valence-corrected chi connectivity index (χ2v) is 5.17. The zero-order valence-electron chi connectivity index (χ0n) is 12.5. The molecule has 1 amide bonds. The number of hydrogen-bond donors (Lipinski definition) is 2. The first-order chi connectivity index (χ1) is 10.6. The molecule has 1 atom stereocenters. The maximum atomic E-state index is 11.9. The Kier molecular flexibility index (Phi) is 5.31. The molecule has 114 valence electrons. The second-order valence-electron chi connectivity index (χ2n) is 5.17. The number of phenols is 1. The van der Waals surface area contributed by atoms with E-state index in [1.54, 1.807) is 48.5 Å². The minimum absolute atomic E-state index is 0.0342. The van der Waals surface area contributed by atoms with Crippen LogP contribution in [-0.4, -0.2) is 16.8 Å². The third kappa shape index (κ3) is 4.45. The van der Waals surface area contributed by atoms with E-state index in [9.17, 15) is 14.7 Å². The summed E-state index contributed by atoms with van der Waals surface area (Å²) < 4.78 is 0. The molecular formula is C18H19NO3. The van der Waals surface area contributed by atoms with Gasteiger partial charge in [-0.15, -0.1) is 0 Å². The van der Waals surface area contributed by atoms with Crippen LogP contribution in [0.4, 0.5) is 0 Å². The van der Waals surface area contributed by atoms with Crippen LogP contribution in [0.3, 0.4) is 0 Å². The zero-order chi connectivity index (χ0) is 15.9. The standard InChI is InChI=1S/C18H19NO3/c1-13(14-7-9-16(20)10-8-14)19-18(22)12-11-17(21)15-5-3-2-4-6-15/h2-10,13,20H,11-12H2,1H3,(H,19,22)/t13-/m0/s1. The van der Waals surface area contributed by atoms with Crippen LogP contribution in [0, 0.1) is 0 Å². The Morgan fingerprint density at radius 2 is 1.64 bits per heavy atom. The lowest BCUT2D eigenvalue weighted by molar-refractivity contribution is -0.121. The Hall–Kier alpha value is -2.62. The first-order valence-corrected chi connectivity index (χ1v) is 7.23. The minimum Gasteiger partial charge on any atom is -0.508 e. The van der Waals surface area contributed by atoms with Gasteiger partial charge in [0.25, 0.3) is 0 Å². The number of nitrogens with one attached hydrogen (secondary N) is 1. The Balaban J connectivity index is 1.83. The van der Waals surface area contributed by atoms with Gasteiger partial charge in [0.1, 0.15) is 5.75 Å². The highest BCUT2D eigenvalue weighted by molar-refractivity contribution is 5.97. The van der Waals surface area contributed by atoms with Crippen molar-refractivity contribution in [2.75, 3.05) is 0 Å². The Morgan fingerprint density at radius 1 is 1.00 bits per heavy atom. The fourth-order valence-electron chi connectivity index (χ4n) is 2.16. The Morgan fingerprint density at radius 3 is 2.27 bits per heavy atom. The van der Waals surface area contributed by atoms with Crippen LogP contribution < -0.4 is 5.32 Å². The van der Waals surface area contributed by atoms with Gasteiger partial charge in [-0.3, -0.25) is 9.59 Å². The molecule has 0 bridgehead atoms. The number of Topliss-reactive ketones (excluding diaryl/α,β-unsaturated/α-hetero) is 1. The molecule has 4 nitrogen and oxygen atoms in total. The average Bonchev–Trinajstić information content (AvgIpc) is 2.54. The van der Waals surface area contributed by atoms with E-state index in [0.29, 0.717) is 5.56 Å². The summed E-state index contributed by atoms with van der Waals surface area (Å²) in [7, 11) is 0. The molecule has 2 N–H and O–H groups in total. The molecule has 4 heteroatoms. The molecule has 0 saturated carbocycles. The van der Waals surface area contributed by atoms with E-state index in [2.05, 4.69) is 5.32 Å². The van der Waals surface area contributed by atoms with Crippen molar-refractivity contribution in [2.24, 2.45) is 0 Å². The number of ketones is 1. The predicted molar refractivity (Wildman–Crippen MR) is 84.7 cm³/mol. The highest BCUT2D eigenvalue weighted by Gasteiger charge is 2.12. The van der Waals surface area contributed by atoms with Crippen molar-refractivity contribution < 1.29 is 14.7 Å². The number of hydrogen-bond acceptors (Lipinski definition) is 3. The largest absolute Gasteiger partial charge is 0.508 e. The topological polar surface area (TPSA) is 66.4 Å². The van der Waals surface area contributed by atoms with E-state index in [1.165, 1.54) is 0 Å². The summed E-state index contributed by atoms with van der Waals surface area (Å²) in [4.78, 5) is 23.9. The average molecular weight is 297 g/mol. The summed E-state index contributed by atoms with van der Waals surface area (Å²) in [5.74, 6) is -0.00590. The van der Waals surface area contributed by atoms with E-state index >= 15 is 0 Å². The molecular weight excluding hydrogens is 278 g/mol. The fraction of sp³-hybridized carbons (Fsp3) is 0.222. The van der Waals surface area contributed by atoms with Gasteiger partial charge in [-0.2, -0.15) is 0 Å². The van der Waals surface area contributed by atoms with Gasteiger partial charge in [-0.05, 0) is 24.6 Å². The highest BCUT2D eigenvalue weighted by atomic mass is 16.3. The van der Waals surface area contributed by atoms with Gasteiger partial charge in [0.2, 0.25) is 5.91 Å². The molecule has 0 aromatic heterocycles. The molecule has 2 aromatic carbocycles. The van der Waals surface area contributed by atoms with Gasteiger partial charge in [-0.25, -0.2) is 0 Å². The van der Waals surface area contributed by atoms with Crippen molar-refractivity contribution in [3.8, 4) is 5.75 Å². The Bertz CT molecular complexity index is 635. The fourth-order valence-corrected chi connectivity index (χ4v) is 2.16. The molecule has 2 aromatic rings. The van der Waals surface area contributed by atoms with Crippen molar-refractivity contribution in [3.63, 3.8) is 0 Å². The highest BCUT2D eigenvalue weighted by Crippen LogP contribution is 2.16. The van der Waals surface area contributed by atoms with Gasteiger partial charge in [0.15, 0.2) is 5.78 Å². The number of phenolic OH excluding ortho intramolecular Hbond substituents is 1. The monoisotopic (exact) mass is 297 g/mol. The number of aromatic hydroxyl groups is 1. The summed E-state index contributed by atoms with van der Waals surface area (Å²) in [5.41, 5.74) is 1.53. The van der Waals surface area contributed by atoms with Crippen LogP contribution in [0.5, 0.6) is 5.75 Å². The zero-order valence-corrected chi connectivity index (χ0v) is 12.5. The second kappa shape index (κ2) is 7.41. The lowest BCUT2D eigenvalue weighted by atomic mass is 10.1. The van der Waals surface area contributed by atoms with Crippen LogP contribution in [-0.2, 0) is 4.79 Å². The maximum Gasteiger partial charge on any atom is 0.220 e. The number of rotatable bonds is 6. The summed E-state index contributed by atoms with van der Waals surface area (Å²) in [5, 5.41) is 12.1. The lowest BCUT2D eigenvalue weighted by Crippen LogP contribution is -2.26. The summed E-state index contributed by atoms with van der Waals surface area (Å²) >= 11 is 0. The first-order valence-electron chi connectivity index (χ1n) is 7.23. The molecule has 0 radical (unpaired) electrons. The number of carbonyl (C=O) groups is 2. The third-order valence-electron chi connectivity index (χ3n) is 3.45. The van der Waals surface area contributed by atoms with Gasteiger partial charge in [0, 0.05) is 18.4 Å². The van der Waals surface area contributed by atoms with Gasteiger partial charge in [-0.1, -0.05) is 42.5 Å². The normalized spacial score (nSPS) is 11.7. The number of benzene rings is 2. The van der Waals surface area contributed by atoms with Crippen LogP contribution >= 0.6 is 0 Å². The van der Waals surface area contributed by atoms with Gasteiger partial charge in [0.05, 0.1) is 6.04 Å². The van der Waals surface area contributed by atoms with Crippen molar-refractivity contribution in [3.05, 3.63) is 65.7 Å². The number of amides is 1. The molecule has 0 fully saturated rings. The molecule has 0 unspecified atom stereocenters. The van der Waals surface area contributed by atoms with E-state index in [-0.39, 0.29) is 36.3 Å². The predicted octanol–water partition coefficient (Wildman–Crippen LogP) is 3.23. The quantitative estimate of drug-likeness (QED) is 0.804. The van der Waals surface area contributed by atoms with E-state index in [1.807, 2.05) is 13.0 Å². The maximum absolute atomic E-state index is 11.9. The number of carbonyl (C=O) groups excluding carboxylic acids is 2. The van der Waals surface area contributed by atoms with Crippen LogP contribution in [0.1, 0.15) is 41.7 Å². The van der Waals surface area contributed by atoms with Crippen LogP contribution in [0.15, 0.2) is 54.6 Å². The van der Waals surface area contributed by atoms with Crippen molar-refractivity contribution >= 4 is 11.7 Å². The third-order valence-corrected chi connectivity index (χ3v) is 3.45. The lowest BCUT2D eigenvalue weighted by Gasteiger charge is -2.14. The minimum atomic E-state index is -0.167. The molecule has 0 saturated heterocycles. The van der Waals surface area contributed by atoms with Gasteiger partial charge < -0.3 is 10.4 Å². The molecule has 22 heavy (non-hydrogen) atoms. The van der Waals surface area contributed by atoms with E-state index < -0.39 is 0 Å². The van der Waals surface area contributed by atoms with Crippen LogP contribution in [0.2, 0.25) is 0 Å². The van der Waals surface area contributed by atoms with Crippen LogP contribution in [0.25, 0.3) is 0 Å². The van der Waals surface area contributed by atoms with Crippen molar-refractivity contribution in [1.29, 1.82) is 0 Å². The molecule has 0 aliphatic heterocycles. The molecule has 2 rings (SSSR count). The van der Waals surface area contributed by atoms with E-state index in [0.717, 1.165) is 5.56 Å². The summed E-state index contributed by atoms with van der Waals surface area (Å²) in [6, 6.07) is 15.5. The van der Waals surface area contributed by atoms with Crippen molar-refractivity contribution in [1.82, 2.24) is 5.32 Å². The smallest absolute Gasteiger partial charge is 0.220 e. The molecule has 0 aliphatic carbocycles. The summed E-state index contributed by atoms with van der Waals surface area (Å²) in [6.07, 6.45) is 0.355. The summed E-state index contributed by atoms with van der Waals surface area (Å²) in [6.45, 7) is 1.86. The first kappa shape index (κ1) is 15.8. The molecule has 0 spiro atoms. The molecule has 0 heterocycles. The van der Waals surface area contributed by atoms with E-state index in [4.69, 9.17) is 0 Å². The molecule has 0 aliphatic rings. The Labute approximate surface area is 129 Å². The van der Waals surface area contributed by atoms with Gasteiger partial charge >= 0.3 is 0 Å². The SMILES string of the molecule is C[C@H](NC(=O)CCC(=O)c1ccccc1)c1ccc(O)cc1.